The van der Waals surface area contributed by atoms with Crippen molar-refractivity contribution in [2.24, 2.45) is 0 Å². The Balaban J connectivity index is 0.975. The monoisotopic (exact) mass is 929 g/mol. The molecule has 0 aliphatic carbocycles. The number of halogens is 1. The fraction of sp³-hybridized carbons (Fsp3) is 0.415. The minimum absolute atomic E-state index is 0.0181. The van der Waals surface area contributed by atoms with Crippen molar-refractivity contribution >= 4 is 86.8 Å². The maximum absolute atomic E-state index is 13.9. The smallest absolute Gasteiger partial charge is 0.493 e. The number of phosphoric ester groups is 1. The number of benzene rings is 3. The second-order valence-electron chi connectivity index (χ2n) is 15.1. The highest BCUT2D eigenvalue weighted by molar-refractivity contribution is 8.76. The first kappa shape index (κ1) is 45.3. The van der Waals surface area contributed by atoms with E-state index < -0.39 is 18.8 Å². The van der Waals surface area contributed by atoms with E-state index in [1.165, 1.54) is 51.9 Å². The molecule has 3 atom stereocenters. The van der Waals surface area contributed by atoms with Gasteiger partial charge in [0.1, 0.15) is 23.6 Å². The van der Waals surface area contributed by atoms with E-state index in [0.29, 0.717) is 76.6 Å². The summed E-state index contributed by atoms with van der Waals surface area (Å²) in [6.07, 6.45) is 4.07. The molecule has 3 aliphatic rings. The number of pyridine rings is 1. The first-order valence-electron chi connectivity index (χ1n) is 20.0. The molecule has 3 aliphatic heterocycles. The maximum Gasteiger partial charge on any atom is 0.524 e. The molecule has 4 aromatic rings. The van der Waals surface area contributed by atoms with Gasteiger partial charge in [0.15, 0.2) is 11.5 Å². The van der Waals surface area contributed by atoms with Crippen LogP contribution in [0.15, 0.2) is 65.8 Å². The van der Waals surface area contributed by atoms with Crippen molar-refractivity contribution in [2.75, 3.05) is 55.6 Å². The van der Waals surface area contributed by atoms with Gasteiger partial charge in [0.05, 0.1) is 41.6 Å². The van der Waals surface area contributed by atoms with Crippen LogP contribution in [0.5, 0.6) is 17.2 Å². The van der Waals surface area contributed by atoms with E-state index in [1.54, 1.807) is 40.1 Å². The normalized spacial score (nSPS) is 17.6. The fourth-order valence-electron chi connectivity index (χ4n) is 7.95. The summed E-state index contributed by atoms with van der Waals surface area (Å²) in [7, 11) is -0.692. The van der Waals surface area contributed by atoms with E-state index >= 15 is 0 Å². The van der Waals surface area contributed by atoms with Gasteiger partial charge in [0, 0.05) is 66.7 Å². The molecule has 0 saturated carbocycles. The number of aromatic nitrogens is 1. The summed E-state index contributed by atoms with van der Waals surface area (Å²) in [6, 6.07) is 14.6. The van der Waals surface area contributed by atoms with Crippen molar-refractivity contribution in [3.8, 4) is 17.2 Å². The highest BCUT2D eigenvalue weighted by Gasteiger charge is 2.40. The number of phosphoric acid groups is 1. The molecule has 330 valence electrons. The zero-order valence-electron chi connectivity index (χ0n) is 33.8. The van der Waals surface area contributed by atoms with Gasteiger partial charge in [-0.25, -0.2) is 14.3 Å². The number of anilines is 2. The van der Waals surface area contributed by atoms with Crippen LogP contribution in [-0.4, -0.2) is 99.6 Å². The predicted molar refractivity (Wildman–Crippen MR) is 236 cm³/mol. The number of fused-ring (bicyclic) bond motifs is 5. The molecule has 7 rings (SSSR count). The Morgan fingerprint density at radius 2 is 1.81 bits per heavy atom. The van der Waals surface area contributed by atoms with Gasteiger partial charge in [-0.2, -0.15) is 0 Å². The number of carbonyl (C=O) groups excluding carboxylic acids is 3. The average Bonchev–Trinajstić information content (AvgIpc) is 3.86. The highest BCUT2D eigenvalue weighted by atomic mass is 35.5. The Bertz CT molecular complexity index is 2390. The summed E-state index contributed by atoms with van der Waals surface area (Å²) in [4.78, 5) is 79.9. The SMILES string of the molecule is COc1cc2c(cc1OCCCCCC(=O)N1C[C@@H](CCl)c3c1cc(OP(=O)(O)O)c1ccccc31)N(C(=O)OCC(C)SSc1ccc([N+](=O)[O-])cn1)C[C@@H]1CCCN1C2=O. The number of nitro groups is 1. The van der Waals surface area contributed by atoms with Crippen LogP contribution in [0.2, 0.25) is 0 Å². The van der Waals surface area contributed by atoms with Crippen LogP contribution in [0.25, 0.3) is 10.8 Å². The van der Waals surface area contributed by atoms with Crippen molar-refractivity contribution in [1.29, 1.82) is 0 Å². The van der Waals surface area contributed by atoms with E-state index in [-0.39, 0.29) is 72.5 Å². The van der Waals surface area contributed by atoms with Crippen molar-refractivity contribution in [2.45, 2.75) is 67.7 Å². The van der Waals surface area contributed by atoms with Gasteiger partial charge >= 0.3 is 13.9 Å². The Hall–Kier alpha value is -4.78. The Labute approximate surface area is 370 Å². The number of alkyl halides is 1. The number of ether oxygens (including phenoxy) is 3. The summed E-state index contributed by atoms with van der Waals surface area (Å²) in [5.74, 6) is 0.353. The van der Waals surface area contributed by atoms with Crippen molar-refractivity contribution in [1.82, 2.24) is 9.88 Å². The van der Waals surface area contributed by atoms with E-state index in [2.05, 4.69) is 4.98 Å². The number of hydrogen-bond donors (Lipinski definition) is 2. The molecular weight excluding hydrogens is 885 g/mol. The van der Waals surface area contributed by atoms with E-state index in [0.717, 1.165) is 18.4 Å². The van der Waals surface area contributed by atoms with E-state index in [1.807, 2.05) is 19.1 Å². The number of nitrogens with zero attached hydrogens (tertiary/aromatic N) is 5. The van der Waals surface area contributed by atoms with Gasteiger partial charge in [-0.3, -0.25) is 34.4 Å². The van der Waals surface area contributed by atoms with Crippen molar-refractivity contribution < 1.29 is 52.4 Å². The quantitative estimate of drug-likeness (QED) is 0.0255. The molecule has 0 bridgehead atoms. The van der Waals surface area contributed by atoms with Crippen LogP contribution in [0.3, 0.4) is 0 Å². The van der Waals surface area contributed by atoms with Gasteiger partial charge in [0.25, 0.3) is 11.6 Å². The summed E-state index contributed by atoms with van der Waals surface area (Å²) in [5, 5.41) is 12.6. The molecule has 62 heavy (non-hydrogen) atoms. The zero-order valence-corrected chi connectivity index (χ0v) is 37.1. The third-order valence-electron chi connectivity index (χ3n) is 10.9. The molecule has 1 fully saturated rings. The zero-order chi connectivity index (χ0) is 44.1. The maximum atomic E-state index is 13.9. The number of hydrogen-bond acceptors (Lipinski definition) is 13. The van der Waals surface area contributed by atoms with Crippen LogP contribution in [0, 0.1) is 10.1 Å². The first-order valence-corrected chi connectivity index (χ1v) is 24.2. The van der Waals surface area contributed by atoms with Crippen LogP contribution in [-0.2, 0) is 14.1 Å². The second-order valence-corrected chi connectivity index (χ2v) is 19.2. The lowest BCUT2D eigenvalue weighted by Crippen LogP contribution is -2.42. The van der Waals surface area contributed by atoms with E-state index in [9.17, 15) is 38.8 Å². The fourth-order valence-corrected chi connectivity index (χ4v) is 10.5. The Morgan fingerprint density at radius 1 is 1.03 bits per heavy atom. The van der Waals surface area contributed by atoms with Gasteiger partial charge in [0.2, 0.25) is 5.91 Å². The summed E-state index contributed by atoms with van der Waals surface area (Å²) < 4.78 is 34.5. The number of amides is 3. The van der Waals surface area contributed by atoms with Gasteiger partial charge < -0.3 is 28.5 Å². The molecule has 3 aromatic carbocycles. The van der Waals surface area contributed by atoms with Crippen LogP contribution in [0.1, 0.15) is 67.3 Å². The predicted octanol–water partition coefficient (Wildman–Crippen LogP) is 8.32. The van der Waals surface area contributed by atoms with Crippen LogP contribution < -0.4 is 23.8 Å². The molecule has 1 unspecified atom stereocenters. The average molecular weight is 930 g/mol. The third-order valence-corrected chi connectivity index (χ3v) is 14.4. The summed E-state index contributed by atoms with van der Waals surface area (Å²) in [5.41, 5.74) is 1.89. The van der Waals surface area contributed by atoms with Crippen molar-refractivity contribution in [3.63, 3.8) is 0 Å². The summed E-state index contributed by atoms with van der Waals surface area (Å²) >= 11 is 6.37. The molecule has 3 amide bonds. The minimum Gasteiger partial charge on any atom is -0.493 e. The standard InChI is InChI=1S/C41H45ClN5O12PS2/c1-25(61-62-37-14-13-27(21-43-37)47(51)52)24-58-41(50)46-23-28-9-8-15-44(28)40(49)31-17-35(56-2)36(18-32(31)46)57-16-7-3-4-12-38(48)45-22-26(20-42)39-30-11-6-5-10-29(30)34(19-33(39)45)59-60(53,54)55/h5-6,10-11,13-14,17-19,21,25-26,28H,3-4,7-9,12,15-16,20,22-24H2,1-2H3,(H2,53,54,55)/t25?,26-,28+/m1/s1. The number of carbonyl (C=O) groups is 3. The van der Waals surface area contributed by atoms with Crippen LogP contribution in [0.4, 0.5) is 21.9 Å². The van der Waals surface area contributed by atoms with Crippen LogP contribution >= 0.6 is 41.0 Å². The second kappa shape index (κ2) is 19.7. The Morgan fingerprint density at radius 3 is 2.52 bits per heavy atom. The number of unbranched alkanes of at least 4 members (excludes halogenated alkanes) is 2. The molecule has 0 spiro atoms. The highest BCUT2D eigenvalue weighted by Crippen LogP contribution is 2.49. The molecule has 0 radical (unpaired) electrons. The lowest BCUT2D eigenvalue weighted by Gasteiger charge is -2.26. The molecule has 4 heterocycles. The Kier molecular flexibility index (Phi) is 14.4. The molecule has 2 N–H and O–H groups in total. The topological polar surface area (TPSA) is 211 Å². The van der Waals surface area contributed by atoms with Gasteiger partial charge in [-0.1, -0.05) is 35.1 Å². The molecule has 21 heteroatoms. The summed E-state index contributed by atoms with van der Waals surface area (Å²) in [6.45, 7) is 3.32. The van der Waals surface area contributed by atoms with Crippen molar-refractivity contribution in [3.05, 3.63) is 82.0 Å². The lowest BCUT2D eigenvalue weighted by atomic mass is 9.95. The first-order chi connectivity index (χ1) is 29.8. The lowest BCUT2D eigenvalue weighted by molar-refractivity contribution is -0.385. The molecular formula is C41H45ClN5O12PS2. The number of rotatable bonds is 17. The van der Waals surface area contributed by atoms with E-state index in [4.69, 9.17) is 30.3 Å². The number of methoxy groups -OCH3 is 1. The molecule has 1 saturated heterocycles. The minimum atomic E-state index is -4.89. The van der Waals surface area contributed by atoms with Gasteiger partial charge in [-0.15, -0.1) is 11.6 Å². The molecule has 1 aromatic heterocycles. The van der Waals surface area contributed by atoms with Gasteiger partial charge in [-0.05, 0) is 72.9 Å². The largest absolute Gasteiger partial charge is 0.524 e. The molecule has 17 nitrogen and oxygen atoms in total. The third kappa shape index (κ3) is 10.2.